The Hall–Kier alpha value is -1.07. The predicted octanol–water partition coefficient (Wildman–Crippen LogP) is 2.85. The number of amides is 1. The molecule has 17 heavy (non-hydrogen) atoms. The minimum atomic E-state index is -0.449. The molecule has 1 aliphatic heterocycles. The van der Waals surface area contributed by atoms with Crippen LogP contribution >= 0.6 is 11.3 Å². The second-order valence-electron chi connectivity index (χ2n) is 5.20. The predicted molar refractivity (Wildman–Crippen MR) is 67.6 cm³/mol. The minimum Gasteiger partial charge on any atom is -0.443 e. The summed E-state index contributed by atoms with van der Waals surface area (Å²) in [4.78, 5) is 13.2. The first-order valence-corrected chi connectivity index (χ1v) is 6.51. The van der Waals surface area contributed by atoms with Crippen LogP contribution in [0.2, 0.25) is 0 Å². The van der Waals surface area contributed by atoms with Crippen LogP contribution in [0.5, 0.6) is 0 Å². The van der Waals surface area contributed by atoms with E-state index in [1.807, 2.05) is 25.8 Å². The molecule has 1 amide bonds. The molecule has 94 valence electrons. The van der Waals surface area contributed by atoms with Gasteiger partial charge in [0.25, 0.3) is 0 Å². The number of hydrogen-bond donors (Lipinski definition) is 0. The number of fused-ring (bicyclic) bond motifs is 1. The van der Waals surface area contributed by atoms with Crippen molar-refractivity contribution in [3.63, 3.8) is 0 Å². The van der Waals surface area contributed by atoms with Gasteiger partial charge in [-0.25, -0.2) is 14.8 Å². The molecule has 0 N–H and O–H groups in total. The quantitative estimate of drug-likeness (QED) is 0.772. The van der Waals surface area contributed by atoms with Crippen molar-refractivity contribution in [2.75, 3.05) is 7.05 Å². The van der Waals surface area contributed by atoms with Crippen molar-refractivity contribution < 1.29 is 9.53 Å². The molecule has 0 atom stereocenters. The SMILES string of the molecule is CN(C(=O)OC(C)(C)C)N1Cc2ccsc2C1. The van der Waals surface area contributed by atoms with Gasteiger partial charge in [0.15, 0.2) is 0 Å². The molecule has 0 unspecified atom stereocenters. The van der Waals surface area contributed by atoms with Crippen LogP contribution in [0.25, 0.3) is 0 Å². The average Bonchev–Trinajstić information content (AvgIpc) is 2.72. The van der Waals surface area contributed by atoms with Crippen LogP contribution < -0.4 is 0 Å². The van der Waals surface area contributed by atoms with Gasteiger partial charge in [-0.1, -0.05) is 0 Å². The molecule has 2 rings (SSSR count). The molecule has 1 aliphatic rings. The molecule has 1 aromatic rings. The number of rotatable bonds is 1. The lowest BCUT2D eigenvalue weighted by Gasteiger charge is -2.30. The van der Waals surface area contributed by atoms with Crippen molar-refractivity contribution in [3.05, 3.63) is 21.9 Å². The van der Waals surface area contributed by atoms with Gasteiger partial charge >= 0.3 is 6.09 Å². The van der Waals surface area contributed by atoms with E-state index >= 15 is 0 Å². The van der Waals surface area contributed by atoms with Crippen molar-refractivity contribution in [1.82, 2.24) is 10.0 Å². The van der Waals surface area contributed by atoms with Gasteiger partial charge in [-0.15, -0.1) is 11.3 Å². The first kappa shape index (κ1) is 12.4. The molecule has 0 saturated heterocycles. The van der Waals surface area contributed by atoms with Crippen molar-refractivity contribution in [2.45, 2.75) is 39.5 Å². The number of hydrazine groups is 1. The lowest BCUT2D eigenvalue weighted by atomic mass is 10.2. The summed E-state index contributed by atoms with van der Waals surface area (Å²) in [6.45, 7) is 7.20. The van der Waals surface area contributed by atoms with Crippen LogP contribution in [-0.2, 0) is 17.8 Å². The molecule has 0 aromatic carbocycles. The number of carbonyl (C=O) groups is 1. The van der Waals surface area contributed by atoms with Crippen LogP contribution in [0.15, 0.2) is 11.4 Å². The van der Waals surface area contributed by atoms with Crippen LogP contribution in [0.4, 0.5) is 4.79 Å². The zero-order chi connectivity index (χ0) is 12.6. The van der Waals surface area contributed by atoms with Gasteiger partial charge in [0, 0.05) is 18.5 Å². The Balaban J connectivity index is 1.96. The molecular weight excluding hydrogens is 236 g/mol. The fourth-order valence-corrected chi connectivity index (χ4v) is 2.62. The van der Waals surface area contributed by atoms with E-state index in [4.69, 9.17) is 4.74 Å². The van der Waals surface area contributed by atoms with Gasteiger partial charge in [0.05, 0.1) is 6.54 Å². The number of nitrogens with zero attached hydrogens (tertiary/aromatic N) is 2. The van der Waals surface area contributed by atoms with Crippen LogP contribution in [-0.4, -0.2) is 28.8 Å². The summed E-state index contributed by atoms with van der Waals surface area (Å²) in [7, 11) is 1.75. The average molecular weight is 254 g/mol. The normalized spacial score (nSPS) is 15.8. The van der Waals surface area contributed by atoms with Gasteiger partial charge in [0.2, 0.25) is 0 Å². The largest absolute Gasteiger partial charge is 0.443 e. The Bertz CT molecular complexity index is 402. The number of carbonyl (C=O) groups excluding carboxylic acids is 1. The summed E-state index contributed by atoms with van der Waals surface area (Å²) in [5.41, 5.74) is 0.862. The fraction of sp³-hybridized carbons (Fsp3) is 0.583. The van der Waals surface area contributed by atoms with E-state index in [-0.39, 0.29) is 6.09 Å². The molecule has 4 nitrogen and oxygen atoms in total. The van der Waals surface area contributed by atoms with E-state index in [0.717, 1.165) is 13.1 Å². The summed E-state index contributed by atoms with van der Waals surface area (Å²) in [6, 6.07) is 2.11. The first-order chi connectivity index (χ1) is 7.87. The van der Waals surface area contributed by atoms with Crippen molar-refractivity contribution in [1.29, 1.82) is 0 Å². The Morgan fingerprint density at radius 2 is 2.18 bits per heavy atom. The monoisotopic (exact) mass is 254 g/mol. The van der Waals surface area contributed by atoms with Gasteiger partial charge in [-0.2, -0.15) is 0 Å². The molecule has 1 aromatic heterocycles. The summed E-state index contributed by atoms with van der Waals surface area (Å²) < 4.78 is 5.34. The van der Waals surface area contributed by atoms with E-state index in [1.54, 1.807) is 23.4 Å². The lowest BCUT2D eigenvalue weighted by molar-refractivity contribution is -0.0401. The van der Waals surface area contributed by atoms with Gasteiger partial charge in [-0.3, -0.25) is 0 Å². The highest BCUT2D eigenvalue weighted by Gasteiger charge is 2.28. The van der Waals surface area contributed by atoms with Gasteiger partial charge < -0.3 is 4.74 Å². The third-order valence-corrected chi connectivity index (χ3v) is 3.55. The van der Waals surface area contributed by atoms with Crippen molar-refractivity contribution in [2.24, 2.45) is 0 Å². The van der Waals surface area contributed by atoms with E-state index in [9.17, 15) is 4.79 Å². The minimum absolute atomic E-state index is 0.298. The molecule has 0 spiro atoms. The van der Waals surface area contributed by atoms with Crippen molar-refractivity contribution in [3.8, 4) is 0 Å². The van der Waals surface area contributed by atoms with Crippen LogP contribution in [0.3, 0.4) is 0 Å². The second-order valence-corrected chi connectivity index (χ2v) is 6.20. The molecule has 0 radical (unpaired) electrons. The Morgan fingerprint density at radius 3 is 2.76 bits per heavy atom. The fourth-order valence-electron chi connectivity index (χ4n) is 1.72. The number of ether oxygens (including phenoxy) is 1. The number of thiophene rings is 1. The molecular formula is C12H18N2O2S. The summed E-state index contributed by atoms with van der Waals surface area (Å²) in [5.74, 6) is 0. The summed E-state index contributed by atoms with van der Waals surface area (Å²) in [5, 5.41) is 5.66. The molecule has 5 heteroatoms. The van der Waals surface area contributed by atoms with Crippen LogP contribution in [0.1, 0.15) is 31.2 Å². The Labute approximate surface area is 106 Å². The van der Waals surface area contributed by atoms with Gasteiger partial charge in [0.1, 0.15) is 5.60 Å². The van der Waals surface area contributed by atoms with Gasteiger partial charge in [-0.05, 0) is 37.8 Å². The van der Waals surface area contributed by atoms with Crippen molar-refractivity contribution >= 4 is 17.4 Å². The topological polar surface area (TPSA) is 32.8 Å². The maximum absolute atomic E-state index is 11.9. The number of hydrogen-bond acceptors (Lipinski definition) is 4. The maximum atomic E-state index is 11.9. The van der Waals surface area contributed by atoms with Crippen LogP contribution in [0, 0.1) is 0 Å². The van der Waals surface area contributed by atoms with E-state index < -0.39 is 5.60 Å². The second kappa shape index (κ2) is 4.31. The Kier molecular flexibility index (Phi) is 3.14. The summed E-state index contributed by atoms with van der Waals surface area (Å²) in [6.07, 6.45) is -0.298. The highest BCUT2D eigenvalue weighted by molar-refractivity contribution is 7.10. The third kappa shape index (κ3) is 2.79. The molecule has 0 bridgehead atoms. The highest BCUT2D eigenvalue weighted by Crippen LogP contribution is 2.28. The molecule has 0 fully saturated rings. The highest BCUT2D eigenvalue weighted by atomic mass is 32.1. The Morgan fingerprint density at radius 1 is 1.47 bits per heavy atom. The zero-order valence-electron chi connectivity index (χ0n) is 10.7. The smallest absolute Gasteiger partial charge is 0.424 e. The summed E-state index contributed by atoms with van der Waals surface area (Å²) >= 11 is 1.74. The maximum Gasteiger partial charge on any atom is 0.424 e. The lowest BCUT2D eigenvalue weighted by Crippen LogP contribution is -2.43. The first-order valence-electron chi connectivity index (χ1n) is 5.63. The third-order valence-electron chi connectivity index (χ3n) is 2.60. The molecule has 2 heterocycles. The zero-order valence-corrected chi connectivity index (χ0v) is 11.5. The molecule has 0 aliphatic carbocycles. The van der Waals surface area contributed by atoms with E-state index in [1.165, 1.54) is 10.4 Å². The molecule has 0 saturated carbocycles. The van der Waals surface area contributed by atoms with E-state index in [2.05, 4.69) is 11.4 Å². The van der Waals surface area contributed by atoms with E-state index in [0.29, 0.717) is 0 Å². The standard InChI is InChI=1S/C12H18N2O2S/c1-12(2,3)16-11(15)13(4)14-7-9-5-6-17-10(9)8-14/h5-6H,7-8H2,1-4H3.